The van der Waals surface area contributed by atoms with E-state index >= 15 is 0 Å². The van der Waals surface area contributed by atoms with Crippen LogP contribution in [0, 0.1) is 5.82 Å². The first-order valence-electron chi connectivity index (χ1n) is 9.57. The first kappa shape index (κ1) is 20.2. The molecule has 0 atom stereocenters. The molecule has 2 aromatic carbocycles. The standard InChI is InChI=1S/C23H21FN4O3/c1-30-20-10-5-16(13-21(20)31-2)14-25-22(29)19-15-26-28(18-8-6-17(24)7-9-18)23(19)27-11-3-4-12-27/h3-13,15H,14H2,1-2H3,(H,25,29). The monoisotopic (exact) mass is 420 g/mol. The normalized spacial score (nSPS) is 10.7. The molecule has 0 fully saturated rings. The lowest BCUT2D eigenvalue weighted by Gasteiger charge is -2.12. The lowest BCUT2D eigenvalue weighted by Crippen LogP contribution is -2.24. The van der Waals surface area contributed by atoms with Crippen LogP contribution in [-0.4, -0.2) is 34.5 Å². The number of hydrogen-bond donors (Lipinski definition) is 1. The first-order valence-corrected chi connectivity index (χ1v) is 9.57. The van der Waals surface area contributed by atoms with Gasteiger partial charge >= 0.3 is 0 Å². The molecule has 158 valence electrons. The highest BCUT2D eigenvalue weighted by atomic mass is 19.1. The predicted molar refractivity (Wildman–Crippen MR) is 114 cm³/mol. The second-order valence-electron chi connectivity index (χ2n) is 6.73. The maximum atomic E-state index is 13.4. The Labute approximate surface area is 178 Å². The zero-order chi connectivity index (χ0) is 21.8. The van der Waals surface area contributed by atoms with Crippen molar-refractivity contribution in [2.45, 2.75) is 6.54 Å². The molecule has 0 aliphatic rings. The summed E-state index contributed by atoms with van der Waals surface area (Å²) < 4.78 is 27.3. The van der Waals surface area contributed by atoms with Crippen molar-refractivity contribution in [3.63, 3.8) is 0 Å². The van der Waals surface area contributed by atoms with E-state index in [9.17, 15) is 9.18 Å². The molecular formula is C23H21FN4O3. The number of rotatable bonds is 7. The summed E-state index contributed by atoms with van der Waals surface area (Å²) in [5.41, 5.74) is 1.89. The Morgan fingerprint density at radius 3 is 2.42 bits per heavy atom. The Hall–Kier alpha value is -4.07. The van der Waals surface area contributed by atoms with Crippen LogP contribution in [0.25, 0.3) is 11.5 Å². The van der Waals surface area contributed by atoms with Crippen LogP contribution in [0.1, 0.15) is 15.9 Å². The third kappa shape index (κ3) is 4.13. The summed E-state index contributed by atoms with van der Waals surface area (Å²) in [5, 5.41) is 7.29. The van der Waals surface area contributed by atoms with Crippen LogP contribution in [0.4, 0.5) is 4.39 Å². The molecule has 2 aromatic heterocycles. The van der Waals surface area contributed by atoms with Crippen LogP contribution >= 0.6 is 0 Å². The Morgan fingerprint density at radius 1 is 1.03 bits per heavy atom. The molecule has 1 N–H and O–H groups in total. The average molecular weight is 420 g/mol. The fourth-order valence-electron chi connectivity index (χ4n) is 3.27. The van der Waals surface area contributed by atoms with E-state index in [1.807, 2.05) is 36.7 Å². The van der Waals surface area contributed by atoms with E-state index < -0.39 is 0 Å². The molecule has 1 amide bonds. The van der Waals surface area contributed by atoms with Crippen LogP contribution in [0.2, 0.25) is 0 Å². The summed E-state index contributed by atoms with van der Waals surface area (Å²) in [7, 11) is 3.13. The molecule has 8 heteroatoms. The van der Waals surface area contributed by atoms with Gasteiger partial charge in [0, 0.05) is 18.9 Å². The molecule has 0 spiro atoms. The molecule has 4 aromatic rings. The van der Waals surface area contributed by atoms with Gasteiger partial charge in [-0.15, -0.1) is 0 Å². The number of aromatic nitrogens is 3. The molecular weight excluding hydrogens is 399 g/mol. The minimum Gasteiger partial charge on any atom is -0.493 e. The van der Waals surface area contributed by atoms with Crippen molar-refractivity contribution >= 4 is 5.91 Å². The maximum absolute atomic E-state index is 13.4. The Kier molecular flexibility index (Phi) is 5.70. The minimum absolute atomic E-state index is 0.285. The van der Waals surface area contributed by atoms with E-state index in [-0.39, 0.29) is 11.7 Å². The van der Waals surface area contributed by atoms with Crippen molar-refractivity contribution in [2.24, 2.45) is 0 Å². The maximum Gasteiger partial charge on any atom is 0.256 e. The van der Waals surface area contributed by atoms with Gasteiger partial charge in [0.05, 0.1) is 26.1 Å². The van der Waals surface area contributed by atoms with E-state index in [1.54, 1.807) is 41.7 Å². The van der Waals surface area contributed by atoms with Crippen molar-refractivity contribution in [1.82, 2.24) is 19.7 Å². The molecule has 0 aliphatic carbocycles. The lowest BCUT2D eigenvalue weighted by molar-refractivity contribution is 0.0951. The third-order valence-electron chi connectivity index (χ3n) is 4.81. The van der Waals surface area contributed by atoms with Gasteiger partial charge in [-0.25, -0.2) is 9.07 Å². The number of nitrogens with zero attached hydrogens (tertiary/aromatic N) is 3. The highest BCUT2D eigenvalue weighted by Gasteiger charge is 2.20. The van der Waals surface area contributed by atoms with Crippen LogP contribution in [-0.2, 0) is 6.54 Å². The molecule has 0 bridgehead atoms. The highest BCUT2D eigenvalue weighted by Crippen LogP contribution is 2.27. The average Bonchev–Trinajstić information content (AvgIpc) is 3.47. The topological polar surface area (TPSA) is 70.3 Å². The van der Waals surface area contributed by atoms with Crippen LogP contribution < -0.4 is 14.8 Å². The number of amides is 1. The molecule has 0 saturated heterocycles. The van der Waals surface area contributed by atoms with Gasteiger partial charge in [-0.1, -0.05) is 6.07 Å². The van der Waals surface area contributed by atoms with E-state index in [0.29, 0.717) is 35.1 Å². The van der Waals surface area contributed by atoms with Gasteiger partial charge in [-0.05, 0) is 54.1 Å². The second-order valence-corrected chi connectivity index (χ2v) is 6.73. The molecule has 7 nitrogen and oxygen atoms in total. The van der Waals surface area contributed by atoms with Crippen molar-refractivity contribution in [3.05, 3.63) is 90.1 Å². The second kappa shape index (κ2) is 8.74. The van der Waals surface area contributed by atoms with Crippen molar-refractivity contribution in [3.8, 4) is 23.0 Å². The molecule has 0 saturated carbocycles. The summed E-state index contributed by atoms with van der Waals surface area (Å²) in [6.45, 7) is 0.298. The largest absolute Gasteiger partial charge is 0.493 e. The van der Waals surface area contributed by atoms with Crippen molar-refractivity contribution in [1.29, 1.82) is 0 Å². The number of methoxy groups -OCH3 is 2. The Bertz CT molecular complexity index is 1180. The molecule has 0 aliphatic heterocycles. The molecule has 0 radical (unpaired) electrons. The minimum atomic E-state index is -0.341. The van der Waals surface area contributed by atoms with Gasteiger partial charge in [0.1, 0.15) is 11.4 Å². The zero-order valence-electron chi connectivity index (χ0n) is 17.1. The SMILES string of the molecule is COc1ccc(CNC(=O)c2cnn(-c3ccc(F)cc3)c2-n2cccc2)cc1OC. The number of halogens is 1. The highest BCUT2D eigenvalue weighted by molar-refractivity contribution is 5.97. The van der Waals surface area contributed by atoms with Gasteiger partial charge in [0.2, 0.25) is 0 Å². The summed E-state index contributed by atoms with van der Waals surface area (Å²) in [6, 6.07) is 15.1. The van der Waals surface area contributed by atoms with Gasteiger partial charge in [0.15, 0.2) is 17.3 Å². The number of ether oxygens (including phenoxy) is 2. The number of hydrogen-bond acceptors (Lipinski definition) is 4. The summed E-state index contributed by atoms with van der Waals surface area (Å²) in [4.78, 5) is 13.0. The van der Waals surface area contributed by atoms with E-state index in [4.69, 9.17) is 9.47 Å². The van der Waals surface area contributed by atoms with Crippen LogP contribution in [0.15, 0.2) is 73.2 Å². The molecule has 31 heavy (non-hydrogen) atoms. The zero-order valence-corrected chi connectivity index (χ0v) is 17.1. The summed E-state index contributed by atoms with van der Waals surface area (Å²) in [6.07, 6.45) is 5.15. The smallest absolute Gasteiger partial charge is 0.256 e. The molecule has 0 unspecified atom stereocenters. The van der Waals surface area contributed by atoms with Crippen LogP contribution in [0.5, 0.6) is 11.5 Å². The van der Waals surface area contributed by atoms with Crippen LogP contribution in [0.3, 0.4) is 0 Å². The quantitative estimate of drug-likeness (QED) is 0.494. The molecule has 4 rings (SSSR count). The van der Waals surface area contributed by atoms with Gasteiger partial charge in [-0.2, -0.15) is 5.10 Å². The number of benzene rings is 2. The fraction of sp³-hybridized carbons (Fsp3) is 0.130. The Balaban J connectivity index is 1.62. The van der Waals surface area contributed by atoms with Gasteiger partial charge in [-0.3, -0.25) is 4.79 Å². The van der Waals surface area contributed by atoms with Gasteiger partial charge < -0.3 is 19.4 Å². The first-order chi connectivity index (χ1) is 15.1. The van der Waals surface area contributed by atoms with Crippen molar-refractivity contribution < 1.29 is 18.7 Å². The van der Waals surface area contributed by atoms with E-state index in [2.05, 4.69) is 10.4 Å². The molecule has 2 heterocycles. The summed E-state index contributed by atoms with van der Waals surface area (Å²) in [5.74, 6) is 1.14. The van der Waals surface area contributed by atoms with Crippen molar-refractivity contribution in [2.75, 3.05) is 14.2 Å². The Morgan fingerprint density at radius 2 is 1.74 bits per heavy atom. The number of carbonyl (C=O) groups excluding carboxylic acids is 1. The van der Waals surface area contributed by atoms with E-state index in [1.165, 1.54) is 18.3 Å². The van der Waals surface area contributed by atoms with Gasteiger partial charge in [0.25, 0.3) is 5.91 Å². The number of nitrogens with one attached hydrogen (secondary N) is 1. The third-order valence-corrected chi connectivity index (χ3v) is 4.81. The number of carbonyl (C=O) groups is 1. The lowest BCUT2D eigenvalue weighted by atomic mass is 10.2. The predicted octanol–water partition coefficient (Wildman–Crippen LogP) is 3.75. The fourth-order valence-corrected chi connectivity index (χ4v) is 3.27. The summed E-state index contributed by atoms with van der Waals surface area (Å²) >= 11 is 0. The van der Waals surface area contributed by atoms with E-state index in [0.717, 1.165) is 5.56 Å².